The maximum absolute atomic E-state index is 12.3. The largest absolute Gasteiger partial charge is 0.477 e. The second-order valence-corrected chi connectivity index (χ2v) is 8.54. The number of carbonyl (C=O) groups is 2. The zero-order chi connectivity index (χ0) is 17.8. The van der Waals surface area contributed by atoms with Crippen LogP contribution in [0.3, 0.4) is 0 Å². The second kappa shape index (κ2) is 6.29. The molecule has 9 heteroatoms. The van der Waals surface area contributed by atoms with Crippen molar-refractivity contribution < 1.29 is 19.8 Å². The fourth-order valence-corrected chi connectivity index (χ4v) is 5.67. The summed E-state index contributed by atoms with van der Waals surface area (Å²) in [7, 11) is 3.90. The molecule has 0 spiro atoms. The topological polar surface area (TPSA) is 84.3 Å². The third-order valence-corrected chi connectivity index (χ3v) is 7.23. The molecule has 0 bridgehead atoms. The fourth-order valence-electron chi connectivity index (χ4n) is 3.48. The SMILES string of the molecule is C[C@@H](O)[C@H]1C(=O)N2C(C(=O)O)=C(SCC3=CN(C)N(C)S3)[C@H](C)[C@@H]12. The summed E-state index contributed by atoms with van der Waals surface area (Å²) in [6, 6.07) is -0.248. The summed E-state index contributed by atoms with van der Waals surface area (Å²) in [4.78, 5) is 27.2. The lowest BCUT2D eigenvalue weighted by molar-refractivity contribution is -0.163. The molecule has 132 valence electrons. The summed E-state index contributed by atoms with van der Waals surface area (Å²) in [5.41, 5.74) is 0.0877. The van der Waals surface area contributed by atoms with Crippen LogP contribution in [0.1, 0.15) is 13.8 Å². The summed E-state index contributed by atoms with van der Waals surface area (Å²) in [5, 5.41) is 21.4. The number of amides is 1. The fraction of sp³-hybridized carbons (Fsp3) is 0.600. The van der Waals surface area contributed by atoms with Gasteiger partial charge in [0, 0.05) is 41.8 Å². The van der Waals surface area contributed by atoms with E-state index in [1.807, 2.05) is 36.6 Å². The van der Waals surface area contributed by atoms with Gasteiger partial charge in [0.05, 0.1) is 18.1 Å². The molecule has 2 N–H and O–H groups in total. The molecule has 1 saturated heterocycles. The van der Waals surface area contributed by atoms with E-state index in [0.717, 1.165) is 9.81 Å². The van der Waals surface area contributed by atoms with Crippen molar-refractivity contribution in [3.63, 3.8) is 0 Å². The highest BCUT2D eigenvalue weighted by Gasteiger charge is 2.59. The van der Waals surface area contributed by atoms with E-state index in [4.69, 9.17) is 0 Å². The number of hydrogen-bond acceptors (Lipinski definition) is 7. The predicted octanol–water partition coefficient (Wildman–Crippen LogP) is 1.16. The van der Waals surface area contributed by atoms with Crippen molar-refractivity contribution in [2.45, 2.75) is 26.0 Å². The quantitative estimate of drug-likeness (QED) is 0.550. The Balaban J connectivity index is 1.80. The Bertz CT molecular complexity index is 649. The summed E-state index contributed by atoms with van der Waals surface area (Å²) in [6.45, 7) is 3.52. The molecule has 3 aliphatic heterocycles. The summed E-state index contributed by atoms with van der Waals surface area (Å²) < 4.78 is 1.99. The summed E-state index contributed by atoms with van der Waals surface area (Å²) in [5.74, 6) is -1.30. The highest BCUT2D eigenvalue weighted by atomic mass is 32.2. The summed E-state index contributed by atoms with van der Waals surface area (Å²) >= 11 is 3.07. The number of aliphatic hydroxyl groups excluding tert-OH is 1. The molecule has 3 aliphatic rings. The van der Waals surface area contributed by atoms with Crippen LogP contribution in [0, 0.1) is 11.8 Å². The Kier molecular flexibility index (Phi) is 4.63. The predicted molar refractivity (Wildman–Crippen MR) is 93.3 cm³/mol. The van der Waals surface area contributed by atoms with E-state index in [0.29, 0.717) is 5.75 Å². The number of nitrogens with zero attached hydrogens (tertiary/aromatic N) is 3. The maximum Gasteiger partial charge on any atom is 0.353 e. The van der Waals surface area contributed by atoms with Crippen molar-refractivity contribution >= 4 is 35.6 Å². The lowest BCUT2D eigenvalue weighted by atomic mass is 9.79. The van der Waals surface area contributed by atoms with Crippen molar-refractivity contribution in [1.29, 1.82) is 0 Å². The number of thioether (sulfide) groups is 1. The van der Waals surface area contributed by atoms with Crippen LogP contribution in [0.25, 0.3) is 0 Å². The molecule has 0 radical (unpaired) electrons. The number of carboxylic acids is 1. The standard InChI is InChI=1S/C15H21N3O4S2/c1-7-11-10(8(2)19)14(20)18(11)12(15(21)22)13(7)23-6-9-5-16(3)17(4)24-9/h5,7-8,10-11,19H,6H2,1-4H3,(H,21,22)/t7-,8-,10-,11+/m1/s1. The van der Waals surface area contributed by atoms with Gasteiger partial charge in [-0.05, 0) is 18.9 Å². The van der Waals surface area contributed by atoms with Gasteiger partial charge in [0.15, 0.2) is 0 Å². The molecular weight excluding hydrogens is 350 g/mol. The van der Waals surface area contributed by atoms with Crippen LogP contribution in [-0.4, -0.2) is 68.4 Å². The van der Waals surface area contributed by atoms with Gasteiger partial charge in [0.25, 0.3) is 0 Å². The van der Waals surface area contributed by atoms with Crippen LogP contribution in [-0.2, 0) is 9.59 Å². The molecular formula is C15H21N3O4S2. The molecule has 1 fully saturated rings. The van der Waals surface area contributed by atoms with Gasteiger partial charge in [-0.1, -0.05) is 6.92 Å². The minimum atomic E-state index is -1.08. The van der Waals surface area contributed by atoms with Crippen LogP contribution >= 0.6 is 23.7 Å². The first-order valence-electron chi connectivity index (χ1n) is 7.70. The van der Waals surface area contributed by atoms with Gasteiger partial charge in [-0.2, -0.15) is 4.41 Å². The zero-order valence-corrected chi connectivity index (χ0v) is 15.6. The maximum atomic E-state index is 12.3. The zero-order valence-electron chi connectivity index (χ0n) is 14.0. The molecule has 3 rings (SSSR count). The van der Waals surface area contributed by atoms with Gasteiger partial charge < -0.3 is 20.1 Å². The highest BCUT2D eigenvalue weighted by molar-refractivity contribution is 8.06. The van der Waals surface area contributed by atoms with E-state index in [-0.39, 0.29) is 23.6 Å². The van der Waals surface area contributed by atoms with E-state index >= 15 is 0 Å². The van der Waals surface area contributed by atoms with Crippen LogP contribution in [0.15, 0.2) is 21.7 Å². The molecule has 0 aromatic carbocycles. The molecule has 4 atom stereocenters. The van der Waals surface area contributed by atoms with Gasteiger partial charge in [-0.15, -0.1) is 11.8 Å². The molecule has 0 aromatic heterocycles. The first-order chi connectivity index (χ1) is 11.2. The molecule has 3 heterocycles. The van der Waals surface area contributed by atoms with E-state index < -0.39 is 18.0 Å². The smallest absolute Gasteiger partial charge is 0.353 e. The Morgan fingerprint density at radius 2 is 2.12 bits per heavy atom. The van der Waals surface area contributed by atoms with Gasteiger partial charge in [-0.3, -0.25) is 4.79 Å². The van der Waals surface area contributed by atoms with Crippen molar-refractivity contribution in [2.75, 3.05) is 19.8 Å². The molecule has 24 heavy (non-hydrogen) atoms. The lowest BCUT2D eigenvalue weighted by Gasteiger charge is -2.46. The van der Waals surface area contributed by atoms with Crippen molar-refractivity contribution in [3.05, 3.63) is 21.7 Å². The third-order valence-electron chi connectivity index (χ3n) is 4.71. The number of rotatable bonds is 5. The van der Waals surface area contributed by atoms with Gasteiger partial charge >= 0.3 is 5.97 Å². The number of hydrogen-bond donors (Lipinski definition) is 2. The number of aliphatic carboxylic acids is 1. The number of carbonyl (C=O) groups excluding carboxylic acids is 1. The first kappa shape index (κ1) is 17.7. The number of aliphatic hydroxyl groups is 1. The average Bonchev–Trinajstić information content (AvgIpc) is 2.92. The first-order valence-corrected chi connectivity index (χ1v) is 9.46. The van der Waals surface area contributed by atoms with Crippen molar-refractivity contribution in [3.8, 4) is 0 Å². The van der Waals surface area contributed by atoms with Crippen LogP contribution in [0.4, 0.5) is 0 Å². The van der Waals surface area contributed by atoms with Crippen LogP contribution in [0.5, 0.6) is 0 Å². The van der Waals surface area contributed by atoms with Crippen molar-refractivity contribution in [2.24, 2.45) is 11.8 Å². The van der Waals surface area contributed by atoms with Gasteiger partial charge in [0.2, 0.25) is 5.91 Å². The van der Waals surface area contributed by atoms with Gasteiger partial charge in [-0.25, -0.2) is 4.79 Å². The molecule has 0 aliphatic carbocycles. The van der Waals surface area contributed by atoms with Crippen LogP contribution in [0.2, 0.25) is 0 Å². The number of fused-ring (bicyclic) bond motifs is 1. The lowest BCUT2D eigenvalue weighted by Crippen LogP contribution is -2.63. The monoisotopic (exact) mass is 371 g/mol. The molecule has 1 amide bonds. The van der Waals surface area contributed by atoms with Crippen LogP contribution < -0.4 is 0 Å². The summed E-state index contributed by atoms with van der Waals surface area (Å²) in [6.07, 6.45) is 1.24. The second-order valence-electron chi connectivity index (χ2n) is 6.29. The number of carboxylic acid groups (broad SMARTS) is 1. The van der Waals surface area contributed by atoms with E-state index in [1.54, 1.807) is 18.9 Å². The average molecular weight is 371 g/mol. The minimum Gasteiger partial charge on any atom is -0.477 e. The normalized spacial score (nSPS) is 31.3. The molecule has 0 aromatic rings. The Morgan fingerprint density at radius 3 is 2.62 bits per heavy atom. The Morgan fingerprint density at radius 1 is 1.46 bits per heavy atom. The third kappa shape index (κ3) is 2.63. The number of β-lactam (4-membered cyclic amide) rings is 1. The highest BCUT2D eigenvalue weighted by Crippen LogP contribution is 2.51. The van der Waals surface area contributed by atoms with E-state index in [2.05, 4.69) is 0 Å². The van der Waals surface area contributed by atoms with Gasteiger partial charge in [0.1, 0.15) is 5.70 Å². The van der Waals surface area contributed by atoms with E-state index in [9.17, 15) is 19.8 Å². The molecule has 0 unspecified atom stereocenters. The minimum absolute atomic E-state index is 0.0825. The Labute approximate surface area is 149 Å². The van der Waals surface area contributed by atoms with Crippen molar-refractivity contribution in [1.82, 2.24) is 14.3 Å². The van der Waals surface area contributed by atoms with E-state index in [1.165, 1.54) is 16.7 Å². The Hall–Kier alpha value is -1.16. The molecule has 0 saturated carbocycles. The molecule has 7 nitrogen and oxygen atoms in total. The number of hydrazine groups is 1.